The molecule has 0 aliphatic carbocycles. The van der Waals surface area contributed by atoms with Crippen molar-refractivity contribution in [1.29, 1.82) is 0 Å². The number of rotatable bonds is 5. The van der Waals surface area contributed by atoms with Gasteiger partial charge in [0.15, 0.2) is 4.47 Å². The average Bonchev–Trinajstić information content (AvgIpc) is 2.99. The molecule has 3 rings (SSSR count). The Hall–Kier alpha value is -1.30. The van der Waals surface area contributed by atoms with E-state index < -0.39 is 0 Å². The molecule has 6 heteroatoms. The fraction of sp³-hybridized carbons (Fsp3) is 0.438. The third-order valence-electron chi connectivity index (χ3n) is 4.00. The number of halogens is 1. The monoisotopic (exact) mass is 337 g/mol. The number of hydrogen-bond acceptors (Lipinski definition) is 5. The van der Waals surface area contributed by atoms with Crippen LogP contribution in [0.3, 0.4) is 0 Å². The molecule has 0 unspecified atom stereocenters. The van der Waals surface area contributed by atoms with Crippen LogP contribution >= 0.6 is 22.9 Å². The Morgan fingerprint density at radius 2 is 2.05 bits per heavy atom. The third kappa shape index (κ3) is 3.91. The second-order valence-electron chi connectivity index (χ2n) is 5.40. The van der Waals surface area contributed by atoms with Gasteiger partial charge in [-0.1, -0.05) is 11.6 Å². The quantitative estimate of drug-likeness (QED) is 0.894. The molecule has 0 amide bonds. The zero-order valence-corrected chi connectivity index (χ0v) is 14.2. The lowest BCUT2D eigenvalue weighted by molar-refractivity contribution is 0.0819. The van der Waals surface area contributed by atoms with Crippen LogP contribution < -0.4 is 10.2 Å². The summed E-state index contributed by atoms with van der Waals surface area (Å²) < 4.78 is 6.01. The van der Waals surface area contributed by atoms with Gasteiger partial charge in [0.05, 0.1) is 12.6 Å². The van der Waals surface area contributed by atoms with Crippen LogP contribution in [0, 0.1) is 0 Å². The van der Waals surface area contributed by atoms with E-state index in [0.717, 1.165) is 43.0 Å². The number of nitrogens with one attached hydrogen (secondary N) is 1. The largest absolute Gasteiger partial charge is 0.381 e. The minimum Gasteiger partial charge on any atom is -0.381 e. The summed E-state index contributed by atoms with van der Waals surface area (Å²) in [6.07, 6.45) is 4.43. The first-order valence-electron chi connectivity index (χ1n) is 7.46. The van der Waals surface area contributed by atoms with Crippen molar-refractivity contribution in [1.82, 2.24) is 4.98 Å². The summed E-state index contributed by atoms with van der Waals surface area (Å²) in [5, 5.41) is 3.39. The van der Waals surface area contributed by atoms with E-state index in [-0.39, 0.29) is 0 Å². The molecule has 0 saturated carbocycles. The molecule has 2 aromatic rings. The smallest absolute Gasteiger partial charge is 0.183 e. The Bertz CT molecular complexity index is 594. The van der Waals surface area contributed by atoms with Crippen molar-refractivity contribution in [2.45, 2.75) is 25.5 Å². The van der Waals surface area contributed by atoms with Crippen molar-refractivity contribution in [2.24, 2.45) is 0 Å². The summed E-state index contributed by atoms with van der Waals surface area (Å²) in [4.78, 5) is 7.60. The molecular formula is C16H20ClN3OS. The topological polar surface area (TPSA) is 37.4 Å². The lowest BCUT2D eigenvalue weighted by atomic mass is 10.1. The Morgan fingerprint density at radius 3 is 2.64 bits per heavy atom. The fourth-order valence-corrected chi connectivity index (χ4v) is 3.61. The van der Waals surface area contributed by atoms with Crippen molar-refractivity contribution >= 4 is 34.3 Å². The summed E-state index contributed by atoms with van der Waals surface area (Å²) in [6, 6.07) is 8.60. The first-order valence-corrected chi connectivity index (χ1v) is 8.66. The molecule has 1 N–H and O–H groups in total. The van der Waals surface area contributed by atoms with E-state index in [1.165, 1.54) is 17.0 Å². The van der Waals surface area contributed by atoms with Crippen LogP contribution in [-0.4, -0.2) is 31.3 Å². The summed E-state index contributed by atoms with van der Waals surface area (Å²) in [6.45, 7) is 2.87. The summed E-state index contributed by atoms with van der Waals surface area (Å²) >= 11 is 7.34. The van der Waals surface area contributed by atoms with Crippen molar-refractivity contribution in [3.05, 3.63) is 39.8 Å². The van der Waals surface area contributed by atoms with Crippen LogP contribution in [0.2, 0.25) is 4.47 Å². The molecule has 0 bridgehead atoms. The average molecular weight is 338 g/mol. The van der Waals surface area contributed by atoms with Gasteiger partial charge in [0.2, 0.25) is 0 Å². The van der Waals surface area contributed by atoms with Gasteiger partial charge in [-0.3, -0.25) is 0 Å². The van der Waals surface area contributed by atoms with Crippen LogP contribution in [-0.2, 0) is 11.3 Å². The number of aromatic nitrogens is 1. The maximum Gasteiger partial charge on any atom is 0.183 e. The lowest BCUT2D eigenvalue weighted by Crippen LogP contribution is -2.36. The molecule has 0 radical (unpaired) electrons. The maximum absolute atomic E-state index is 5.83. The molecule has 22 heavy (non-hydrogen) atoms. The number of benzene rings is 1. The van der Waals surface area contributed by atoms with E-state index in [2.05, 4.69) is 39.5 Å². The van der Waals surface area contributed by atoms with Crippen molar-refractivity contribution < 1.29 is 4.74 Å². The van der Waals surface area contributed by atoms with E-state index in [4.69, 9.17) is 16.3 Å². The van der Waals surface area contributed by atoms with E-state index in [9.17, 15) is 0 Å². The van der Waals surface area contributed by atoms with E-state index >= 15 is 0 Å². The second-order valence-corrected chi connectivity index (χ2v) is 7.10. The minimum atomic E-state index is 0.420. The number of anilines is 2. The molecule has 1 aromatic carbocycles. The first-order chi connectivity index (χ1) is 10.7. The summed E-state index contributed by atoms with van der Waals surface area (Å²) in [5.41, 5.74) is 2.39. The maximum atomic E-state index is 5.83. The SMILES string of the molecule is COC1CCN(c2ccc(NCc3cnc(Cl)s3)cc2)CC1. The number of methoxy groups -OCH3 is 1. The Labute approximate surface area is 140 Å². The van der Waals surface area contributed by atoms with Gasteiger partial charge in [0.25, 0.3) is 0 Å². The van der Waals surface area contributed by atoms with Gasteiger partial charge >= 0.3 is 0 Å². The Morgan fingerprint density at radius 1 is 1.32 bits per heavy atom. The fourth-order valence-electron chi connectivity index (χ4n) is 2.69. The van der Waals surface area contributed by atoms with Gasteiger partial charge in [-0.25, -0.2) is 4.98 Å². The third-order valence-corrected chi connectivity index (χ3v) is 5.11. The lowest BCUT2D eigenvalue weighted by Gasteiger charge is -2.33. The zero-order valence-electron chi connectivity index (χ0n) is 12.6. The molecule has 4 nitrogen and oxygen atoms in total. The van der Waals surface area contributed by atoms with Crippen LogP contribution in [0.1, 0.15) is 17.7 Å². The molecule has 1 fully saturated rings. The van der Waals surface area contributed by atoms with Gasteiger partial charge < -0.3 is 15.0 Å². The molecular weight excluding hydrogens is 318 g/mol. The van der Waals surface area contributed by atoms with E-state index in [1.54, 1.807) is 7.11 Å². The van der Waals surface area contributed by atoms with Gasteiger partial charge in [-0.15, -0.1) is 11.3 Å². The molecule has 1 aliphatic rings. The normalized spacial score (nSPS) is 16.0. The Kier molecular flexibility index (Phi) is 5.18. The predicted molar refractivity (Wildman–Crippen MR) is 93.1 cm³/mol. The second kappa shape index (κ2) is 7.31. The molecule has 1 aromatic heterocycles. The highest BCUT2D eigenvalue weighted by Gasteiger charge is 2.18. The summed E-state index contributed by atoms with van der Waals surface area (Å²) in [5.74, 6) is 0. The van der Waals surface area contributed by atoms with Gasteiger partial charge in [-0.2, -0.15) is 0 Å². The van der Waals surface area contributed by atoms with Crippen molar-refractivity contribution in [3.8, 4) is 0 Å². The van der Waals surface area contributed by atoms with Crippen LogP contribution in [0.25, 0.3) is 0 Å². The van der Waals surface area contributed by atoms with Crippen LogP contribution in [0.4, 0.5) is 11.4 Å². The molecule has 0 spiro atoms. The number of piperidine rings is 1. The highest BCUT2D eigenvalue weighted by molar-refractivity contribution is 7.15. The minimum absolute atomic E-state index is 0.420. The standard InChI is InChI=1S/C16H20ClN3OS/c1-21-14-6-8-20(9-7-14)13-4-2-12(3-5-13)18-10-15-11-19-16(17)22-15/h2-5,11,14,18H,6-10H2,1H3. The number of hydrogen-bond donors (Lipinski definition) is 1. The highest BCUT2D eigenvalue weighted by atomic mass is 35.5. The molecule has 1 aliphatic heterocycles. The van der Waals surface area contributed by atoms with Gasteiger partial charge in [0, 0.05) is 42.6 Å². The Balaban J connectivity index is 1.54. The zero-order chi connectivity index (χ0) is 15.4. The van der Waals surface area contributed by atoms with Crippen LogP contribution in [0.15, 0.2) is 30.5 Å². The number of ether oxygens (including phenoxy) is 1. The van der Waals surface area contributed by atoms with Crippen molar-refractivity contribution in [3.63, 3.8) is 0 Å². The first kappa shape index (κ1) is 15.6. The molecule has 118 valence electrons. The van der Waals surface area contributed by atoms with Gasteiger partial charge in [0.1, 0.15) is 0 Å². The van der Waals surface area contributed by atoms with Gasteiger partial charge in [-0.05, 0) is 37.1 Å². The van der Waals surface area contributed by atoms with Crippen molar-refractivity contribution in [2.75, 3.05) is 30.4 Å². The number of nitrogens with zero attached hydrogens (tertiary/aromatic N) is 2. The van der Waals surface area contributed by atoms with Crippen LogP contribution in [0.5, 0.6) is 0 Å². The number of thiazole rings is 1. The van der Waals surface area contributed by atoms with E-state index in [0.29, 0.717) is 10.6 Å². The molecule has 1 saturated heterocycles. The molecule has 0 atom stereocenters. The predicted octanol–water partition coefficient (Wildman–Crippen LogP) is 4.02. The summed E-state index contributed by atoms with van der Waals surface area (Å²) in [7, 11) is 1.80. The van der Waals surface area contributed by atoms with E-state index in [1.807, 2.05) is 6.20 Å². The highest BCUT2D eigenvalue weighted by Crippen LogP contribution is 2.24. The molecule has 2 heterocycles.